The van der Waals surface area contributed by atoms with Crippen molar-refractivity contribution in [3.8, 4) is 0 Å². The Kier molecular flexibility index (Phi) is 3.79. The lowest BCUT2D eigenvalue weighted by molar-refractivity contribution is 0.0398. The lowest BCUT2D eigenvalue weighted by Gasteiger charge is -2.26. The molecule has 0 radical (unpaired) electrons. The van der Waals surface area contributed by atoms with Crippen molar-refractivity contribution in [2.24, 2.45) is 7.05 Å². The summed E-state index contributed by atoms with van der Waals surface area (Å²) >= 11 is 0. The monoisotopic (exact) mass is 276 g/mol. The lowest BCUT2D eigenvalue weighted by Crippen LogP contribution is -2.39. The van der Waals surface area contributed by atoms with E-state index < -0.39 is 0 Å². The first-order valence-electron chi connectivity index (χ1n) is 6.94. The zero-order chi connectivity index (χ0) is 13.9. The molecule has 2 aromatic rings. The van der Waals surface area contributed by atoms with E-state index in [-0.39, 0.29) is 0 Å². The third-order valence-corrected chi connectivity index (χ3v) is 3.50. The second kappa shape index (κ2) is 5.72. The summed E-state index contributed by atoms with van der Waals surface area (Å²) in [7, 11) is 1.90. The average Bonchev–Trinajstić information content (AvgIpc) is 2.81. The molecule has 1 aliphatic heterocycles. The van der Waals surface area contributed by atoms with E-state index in [9.17, 15) is 0 Å². The highest BCUT2D eigenvalue weighted by Gasteiger charge is 2.11. The van der Waals surface area contributed by atoms with E-state index in [1.165, 1.54) is 0 Å². The van der Waals surface area contributed by atoms with Gasteiger partial charge in [-0.3, -0.25) is 9.58 Å². The summed E-state index contributed by atoms with van der Waals surface area (Å²) in [6.45, 7) is 7.45. The van der Waals surface area contributed by atoms with Crippen LogP contribution in [0.15, 0.2) is 6.20 Å². The minimum atomic E-state index is 0.655. The Morgan fingerprint density at radius 2 is 2.10 bits per heavy atom. The average molecular weight is 276 g/mol. The Labute approximate surface area is 117 Å². The topological polar surface area (TPSA) is 68.1 Å². The van der Waals surface area contributed by atoms with Crippen molar-refractivity contribution in [1.29, 1.82) is 0 Å². The summed E-state index contributed by atoms with van der Waals surface area (Å²) in [5.74, 6) is 0.655. The number of rotatable bonds is 4. The maximum Gasteiger partial charge on any atom is 0.225 e. The van der Waals surface area contributed by atoms with Crippen LogP contribution in [0.1, 0.15) is 5.69 Å². The van der Waals surface area contributed by atoms with Gasteiger partial charge in [0.05, 0.1) is 24.3 Å². The van der Waals surface area contributed by atoms with E-state index in [4.69, 9.17) is 4.74 Å². The van der Waals surface area contributed by atoms with Crippen LogP contribution in [0.3, 0.4) is 0 Å². The van der Waals surface area contributed by atoms with Gasteiger partial charge < -0.3 is 10.1 Å². The molecule has 0 aliphatic carbocycles. The molecule has 1 saturated heterocycles. The zero-order valence-electron chi connectivity index (χ0n) is 12.0. The van der Waals surface area contributed by atoms with Crippen LogP contribution < -0.4 is 5.32 Å². The Bertz CT molecular complexity index is 590. The van der Waals surface area contributed by atoms with Gasteiger partial charge in [-0.05, 0) is 6.92 Å². The molecule has 7 nitrogen and oxygen atoms in total. The molecule has 1 N–H and O–H groups in total. The van der Waals surface area contributed by atoms with Crippen LogP contribution >= 0.6 is 0 Å². The molecule has 0 aromatic carbocycles. The van der Waals surface area contributed by atoms with Crippen molar-refractivity contribution in [2.75, 3.05) is 44.7 Å². The number of nitrogens with zero attached hydrogens (tertiary/aromatic N) is 5. The fourth-order valence-electron chi connectivity index (χ4n) is 2.39. The highest BCUT2D eigenvalue weighted by atomic mass is 16.5. The SMILES string of the molecule is Cc1nc(NCCN2CCOCC2)nc2nn(C)cc12. The second-order valence-corrected chi connectivity index (χ2v) is 5.05. The van der Waals surface area contributed by atoms with Crippen LogP contribution in [-0.2, 0) is 11.8 Å². The number of hydrogen-bond donors (Lipinski definition) is 1. The van der Waals surface area contributed by atoms with E-state index in [0.717, 1.165) is 56.1 Å². The highest BCUT2D eigenvalue weighted by molar-refractivity contribution is 5.77. The summed E-state index contributed by atoms with van der Waals surface area (Å²) in [4.78, 5) is 11.3. The van der Waals surface area contributed by atoms with Gasteiger partial charge in [0.1, 0.15) is 0 Å². The van der Waals surface area contributed by atoms with E-state index in [1.807, 2.05) is 20.2 Å². The van der Waals surface area contributed by atoms with Crippen molar-refractivity contribution in [2.45, 2.75) is 6.92 Å². The van der Waals surface area contributed by atoms with Crippen molar-refractivity contribution in [3.05, 3.63) is 11.9 Å². The molecule has 0 amide bonds. The van der Waals surface area contributed by atoms with Crippen LogP contribution in [0.2, 0.25) is 0 Å². The Morgan fingerprint density at radius 1 is 1.30 bits per heavy atom. The van der Waals surface area contributed by atoms with E-state index in [1.54, 1.807) is 4.68 Å². The summed E-state index contributed by atoms with van der Waals surface area (Å²) in [6, 6.07) is 0. The van der Waals surface area contributed by atoms with Gasteiger partial charge in [-0.2, -0.15) is 10.1 Å². The summed E-state index contributed by atoms with van der Waals surface area (Å²) in [5, 5.41) is 8.62. The molecular weight excluding hydrogens is 256 g/mol. The van der Waals surface area contributed by atoms with Gasteiger partial charge in [0.15, 0.2) is 5.65 Å². The fourth-order valence-corrected chi connectivity index (χ4v) is 2.39. The van der Waals surface area contributed by atoms with Crippen LogP contribution in [0.25, 0.3) is 11.0 Å². The number of hydrogen-bond acceptors (Lipinski definition) is 6. The molecule has 0 atom stereocenters. The van der Waals surface area contributed by atoms with Gasteiger partial charge >= 0.3 is 0 Å². The minimum absolute atomic E-state index is 0.655. The molecule has 0 unspecified atom stereocenters. The first-order chi connectivity index (χ1) is 9.72. The maximum absolute atomic E-state index is 5.33. The van der Waals surface area contributed by atoms with Gasteiger partial charge in [-0.25, -0.2) is 4.98 Å². The van der Waals surface area contributed by atoms with Crippen molar-refractivity contribution >= 4 is 17.0 Å². The standard InChI is InChI=1S/C13H20N6O/c1-10-11-9-18(2)17-12(11)16-13(15-10)14-3-4-19-5-7-20-8-6-19/h9H,3-8H2,1-2H3,(H,14,16,17). The predicted molar refractivity (Wildman–Crippen MR) is 76.8 cm³/mol. The minimum Gasteiger partial charge on any atom is -0.379 e. The van der Waals surface area contributed by atoms with E-state index in [2.05, 4.69) is 25.3 Å². The lowest BCUT2D eigenvalue weighted by atomic mass is 10.3. The third kappa shape index (κ3) is 2.88. The molecule has 20 heavy (non-hydrogen) atoms. The summed E-state index contributed by atoms with van der Waals surface area (Å²) in [5.41, 5.74) is 1.70. The Hall–Kier alpha value is -1.73. The second-order valence-electron chi connectivity index (χ2n) is 5.05. The van der Waals surface area contributed by atoms with Crippen molar-refractivity contribution in [1.82, 2.24) is 24.6 Å². The largest absolute Gasteiger partial charge is 0.379 e. The number of nitrogens with one attached hydrogen (secondary N) is 1. The fraction of sp³-hybridized carbons (Fsp3) is 0.615. The third-order valence-electron chi connectivity index (χ3n) is 3.50. The van der Waals surface area contributed by atoms with Gasteiger partial charge in [-0.15, -0.1) is 0 Å². The number of aryl methyl sites for hydroxylation is 2. The molecule has 0 bridgehead atoms. The van der Waals surface area contributed by atoms with Crippen molar-refractivity contribution < 1.29 is 4.74 Å². The van der Waals surface area contributed by atoms with E-state index >= 15 is 0 Å². The first-order valence-corrected chi connectivity index (χ1v) is 6.94. The molecule has 7 heteroatoms. The van der Waals surface area contributed by atoms with Crippen LogP contribution in [-0.4, -0.2) is 64.0 Å². The van der Waals surface area contributed by atoms with Crippen LogP contribution in [0.5, 0.6) is 0 Å². The Balaban J connectivity index is 1.62. The molecule has 0 spiro atoms. The predicted octanol–water partition coefficient (Wildman–Crippen LogP) is 0.416. The zero-order valence-corrected chi connectivity index (χ0v) is 12.0. The number of ether oxygens (including phenoxy) is 1. The molecular formula is C13H20N6O. The summed E-state index contributed by atoms with van der Waals surface area (Å²) < 4.78 is 7.10. The maximum atomic E-state index is 5.33. The number of aromatic nitrogens is 4. The normalized spacial score (nSPS) is 16.7. The quantitative estimate of drug-likeness (QED) is 0.872. The first kappa shape index (κ1) is 13.3. The molecule has 108 valence electrons. The van der Waals surface area contributed by atoms with Gasteiger partial charge in [0.25, 0.3) is 0 Å². The Morgan fingerprint density at radius 3 is 2.90 bits per heavy atom. The van der Waals surface area contributed by atoms with Crippen LogP contribution in [0.4, 0.5) is 5.95 Å². The summed E-state index contributed by atoms with van der Waals surface area (Å²) in [6.07, 6.45) is 1.95. The van der Waals surface area contributed by atoms with Gasteiger partial charge in [-0.1, -0.05) is 0 Å². The molecule has 3 rings (SSSR count). The number of fused-ring (bicyclic) bond motifs is 1. The molecule has 2 aromatic heterocycles. The number of morpholine rings is 1. The number of anilines is 1. The molecule has 1 fully saturated rings. The molecule has 3 heterocycles. The van der Waals surface area contributed by atoms with Crippen molar-refractivity contribution in [3.63, 3.8) is 0 Å². The van der Waals surface area contributed by atoms with E-state index in [0.29, 0.717) is 5.95 Å². The molecule has 0 saturated carbocycles. The van der Waals surface area contributed by atoms with Gasteiger partial charge in [0.2, 0.25) is 5.95 Å². The highest BCUT2D eigenvalue weighted by Crippen LogP contribution is 2.14. The van der Waals surface area contributed by atoms with Crippen LogP contribution in [0, 0.1) is 6.92 Å². The van der Waals surface area contributed by atoms with Gasteiger partial charge in [0, 0.05) is 39.4 Å². The smallest absolute Gasteiger partial charge is 0.225 e. The molecule has 1 aliphatic rings.